The number of hydrogen-bond donors (Lipinski definition) is 1. The van der Waals surface area contributed by atoms with Gasteiger partial charge in [-0.15, -0.1) is 0 Å². The largest absolute Gasteiger partial charge is 0.423 e. The van der Waals surface area contributed by atoms with Crippen molar-refractivity contribution < 1.29 is 14.3 Å². The van der Waals surface area contributed by atoms with E-state index in [9.17, 15) is 9.59 Å². The van der Waals surface area contributed by atoms with Crippen LogP contribution in [-0.4, -0.2) is 57.1 Å². The van der Waals surface area contributed by atoms with E-state index in [4.69, 9.17) is 16.3 Å². The average molecular weight is 326 g/mol. The second kappa shape index (κ2) is 7.47. The van der Waals surface area contributed by atoms with Crippen LogP contribution < -0.4 is 15.0 Å². The number of halogens is 1. The molecule has 1 aromatic rings. The molecule has 1 heterocycles. The van der Waals surface area contributed by atoms with Gasteiger partial charge in [0.2, 0.25) is 5.91 Å². The SMILES string of the molecule is CN(C)CCCNC(=O)CN1CC(=O)Oc2ccc(Cl)cc21. The van der Waals surface area contributed by atoms with E-state index in [1.54, 1.807) is 23.1 Å². The molecule has 0 radical (unpaired) electrons. The van der Waals surface area contributed by atoms with Crippen molar-refractivity contribution in [3.8, 4) is 5.75 Å². The number of ether oxygens (including phenoxy) is 1. The van der Waals surface area contributed by atoms with Crippen LogP contribution in [0.2, 0.25) is 5.02 Å². The molecule has 0 bridgehead atoms. The fraction of sp³-hybridized carbons (Fsp3) is 0.467. The molecule has 1 aliphatic rings. The number of esters is 1. The quantitative estimate of drug-likeness (QED) is 0.483. The van der Waals surface area contributed by atoms with Crippen LogP contribution in [0.3, 0.4) is 0 Å². The Balaban J connectivity index is 1.94. The number of hydrogen-bond acceptors (Lipinski definition) is 5. The summed E-state index contributed by atoms with van der Waals surface area (Å²) in [5.74, 6) is -0.0735. The highest BCUT2D eigenvalue weighted by Gasteiger charge is 2.25. The minimum Gasteiger partial charge on any atom is -0.423 e. The highest BCUT2D eigenvalue weighted by atomic mass is 35.5. The smallest absolute Gasteiger partial charge is 0.331 e. The summed E-state index contributed by atoms with van der Waals surface area (Å²) in [6.07, 6.45) is 0.878. The number of anilines is 1. The monoisotopic (exact) mass is 325 g/mol. The highest BCUT2D eigenvalue weighted by molar-refractivity contribution is 6.31. The normalized spacial score (nSPS) is 13.8. The number of amides is 1. The van der Waals surface area contributed by atoms with Gasteiger partial charge in [0.05, 0.1) is 12.2 Å². The summed E-state index contributed by atoms with van der Waals surface area (Å²) in [6.45, 7) is 1.66. The van der Waals surface area contributed by atoms with Crippen molar-refractivity contribution in [2.24, 2.45) is 0 Å². The summed E-state index contributed by atoms with van der Waals surface area (Å²) < 4.78 is 5.15. The van der Waals surface area contributed by atoms with Crippen molar-refractivity contribution in [3.05, 3.63) is 23.2 Å². The Bertz CT molecular complexity index is 563. The lowest BCUT2D eigenvalue weighted by atomic mass is 10.2. The van der Waals surface area contributed by atoms with Crippen molar-refractivity contribution in [1.82, 2.24) is 10.2 Å². The Morgan fingerprint density at radius 3 is 2.95 bits per heavy atom. The maximum Gasteiger partial charge on any atom is 0.331 e. The van der Waals surface area contributed by atoms with E-state index < -0.39 is 0 Å². The van der Waals surface area contributed by atoms with E-state index in [1.165, 1.54) is 0 Å². The molecule has 120 valence electrons. The number of nitrogens with zero attached hydrogens (tertiary/aromatic N) is 2. The molecule has 0 unspecified atom stereocenters. The zero-order valence-electron chi connectivity index (χ0n) is 12.8. The van der Waals surface area contributed by atoms with Gasteiger partial charge in [-0.2, -0.15) is 0 Å². The van der Waals surface area contributed by atoms with E-state index in [0.717, 1.165) is 13.0 Å². The van der Waals surface area contributed by atoms with Gasteiger partial charge in [0, 0.05) is 11.6 Å². The van der Waals surface area contributed by atoms with Crippen molar-refractivity contribution >= 4 is 29.2 Å². The molecule has 22 heavy (non-hydrogen) atoms. The standard InChI is InChI=1S/C15H20ClN3O3/c1-18(2)7-3-6-17-14(20)9-19-10-15(21)22-13-5-4-11(16)8-12(13)19/h4-5,8H,3,6-7,9-10H2,1-2H3,(H,17,20). The van der Waals surface area contributed by atoms with Crippen LogP contribution >= 0.6 is 11.6 Å². The van der Waals surface area contributed by atoms with E-state index in [0.29, 0.717) is 23.0 Å². The molecule has 7 heteroatoms. The molecule has 0 aromatic heterocycles. The Morgan fingerprint density at radius 2 is 2.23 bits per heavy atom. The Morgan fingerprint density at radius 1 is 1.45 bits per heavy atom. The van der Waals surface area contributed by atoms with Crippen LogP contribution in [0, 0.1) is 0 Å². The van der Waals surface area contributed by atoms with Gasteiger partial charge in [-0.25, -0.2) is 4.79 Å². The van der Waals surface area contributed by atoms with E-state index in [2.05, 4.69) is 10.2 Å². The minimum absolute atomic E-state index is 0.0401. The molecule has 1 aliphatic heterocycles. The maximum absolute atomic E-state index is 12.0. The number of fused-ring (bicyclic) bond motifs is 1. The van der Waals surface area contributed by atoms with Crippen molar-refractivity contribution in [2.75, 3.05) is 45.2 Å². The third-order valence-corrected chi connectivity index (χ3v) is 3.48. The second-order valence-electron chi connectivity index (χ2n) is 5.45. The highest BCUT2D eigenvalue weighted by Crippen LogP contribution is 2.34. The zero-order valence-corrected chi connectivity index (χ0v) is 13.5. The summed E-state index contributed by atoms with van der Waals surface area (Å²) in [5, 5.41) is 3.39. The van der Waals surface area contributed by atoms with Gasteiger partial charge in [0.1, 0.15) is 6.54 Å². The summed E-state index contributed by atoms with van der Waals surface area (Å²) in [5.41, 5.74) is 0.663. The summed E-state index contributed by atoms with van der Waals surface area (Å²) in [7, 11) is 3.98. The first-order valence-electron chi connectivity index (χ1n) is 7.12. The summed E-state index contributed by atoms with van der Waals surface area (Å²) in [4.78, 5) is 27.3. The van der Waals surface area contributed by atoms with Gasteiger partial charge in [-0.05, 0) is 45.3 Å². The average Bonchev–Trinajstić information content (AvgIpc) is 2.44. The molecule has 0 spiro atoms. The third-order valence-electron chi connectivity index (χ3n) is 3.24. The van der Waals surface area contributed by atoms with Crippen LogP contribution in [-0.2, 0) is 9.59 Å². The molecule has 0 saturated heterocycles. The van der Waals surface area contributed by atoms with E-state index >= 15 is 0 Å². The molecule has 0 saturated carbocycles. The maximum atomic E-state index is 12.0. The Kier molecular flexibility index (Phi) is 5.63. The van der Waals surface area contributed by atoms with Gasteiger partial charge in [0.15, 0.2) is 5.75 Å². The predicted octanol–water partition coefficient (Wildman–Crippen LogP) is 1.13. The lowest BCUT2D eigenvalue weighted by molar-refractivity contribution is -0.133. The van der Waals surface area contributed by atoms with Gasteiger partial charge in [-0.3, -0.25) is 4.79 Å². The first-order chi connectivity index (χ1) is 10.5. The van der Waals surface area contributed by atoms with Crippen molar-refractivity contribution in [3.63, 3.8) is 0 Å². The third kappa shape index (κ3) is 4.61. The first kappa shape index (κ1) is 16.6. The predicted molar refractivity (Wildman–Crippen MR) is 85.5 cm³/mol. The zero-order chi connectivity index (χ0) is 16.1. The molecule has 1 amide bonds. The molecule has 2 rings (SSSR count). The van der Waals surface area contributed by atoms with E-state index in [-0.39, 0.29) is 25.0 Å². The number of carbonyl (C=O) groups excluding carboxylic acids is 2. The lowest BCUT2D eigenvalue weighted by Gasteiger charge is -2.29. The van der Waals surface area contributed by atoms with Gasteiger partial charge in [-0.1, -0.05) is 11.6 Å². The second-order valence-corrected chi connectivity index (χ2v) is 5.89. The number of rotatable bonds is 6. The minimum atomic E-state index is -0.379. The van der Waals surface area contributed by atoms with Crippen LogP contribution in [0.25, 0.3) is 0 Å². The van der Waals surface area contributed by atoms with Crippen LogP contribution in [0.15, 0.2) is 18.2 Å². The number of benzene rings is 1. The first-order valence-corrected chi connectivity index (χ1v) is 7.50. The molecule has 0 fully saturated rings. The molecule has 6 nitrogen and oxygen atoms in total. The van der Waals surface area contributed by atoms with Crippen LogP contribution in [0.5, 0.6) is 5.75 Å². The Labute approximate surface area is 135 Å². The molecular formula is C15H20ClN3O3. The van der Waals surface area contributed by atoms with Crippen LogP contribution in [0.1, 0.15) is 6.42 Å². The van der Waals surface area contributed by atoms with Gasteiger partial charge >= 0.3 is 5.97 Å². The molecule has 0 aliphatic carbocycles. The fourth-order valence-corrected chi connectivity index (χ4v) is 2.38. The molecule has 0 atom stereocenters. The molecule has 1 N–H and O–H groups in total. The number of carbonyl (C=O) groups is 2. The fourth-order valence-electron chi connectivity index (χ4n) is 2.21. The number of nitrogens with one attached hydrogen (secondary N) is 1. The van der Waals surface area contributed by atoms with Crippen molar-refractivity contribution in [2.45, 2.75) is 6.42 Å². The van der Waals surface area contributed by atoms with E-state index in [1.807, 2.05) is 14.1 Å². The topological polar surface area (TPSA) is 61.9 Å². The van der Waals surface area contributed by atoms with Crippen molar-refractivity contribution in [1.29, 1.82) is 0 Å². The molecule has 1 aromatic carbocycles. The van der Waals surface area contributed by atoms with Crippen LogP contribution in [0.4, 0.5) is 5.69 Å². The lowest BCUT2D eigenvalue weighted by Crippen LogP contribution is -2.43. The Hall–Kier alpha value is -1.79. The summed E-state index contributed by atoms with van der Waals surface area (Å²) in [6, 6.07) is 4.98. The van der Waals surface area contributed by atoms with Gasteiger partial charge in [0.25, 0.3) is 0 Å². The summed E-state index contributed by atoms with van der Waals surface area (Å²) >= 11 is 5.97. The van der Waals surface area contributed by atoms with Gasteiger partial charge < -0.3 is 19.9 Å². The molecular weight excluding hydrogens is 306 g/mol.